The fraction of sp³-hybridized carbons (Fsp3) is 0.667. The van der Waals surface area contributed by atoms with Crippen molar-refractivity contribution >= 4 is 29.5 Å². The first kappa shape index (κ1) is 31.5. The van der Waals surface area contributed by atoms with Gasteiger partial charge in [0, 0.05) is 57.3 Å². The predicted octanol–water partition coefficient (Wildman–Crippen LogP) is 3.55. The lowest BCUT2D eigenvalue weighted by Gasteiger charge is -2.31. The smallest absolute Gasteiger partial charge is 0.410 e. The molecule has 1 aromatic carbocycles. The van der Waals surface area contributed by atoms with Crippen LogP contribution in [0.2, 0.25) is 0 Å². The van der Waals surface area contributed by atoms with Crippen molar-refractivity contribution in [1.29, 1.82) is 0 Å². The number of alkyl halides is 1. The summed E-state index contributed by atoms with van der Waals surface area (Å²) in [5, 5.41) is 2.90. The van der Waals surface area contributed by atoms with Crippen LogP contribution >= 0.6 is 11.6 Å². The minimum atomic E-state index is -0.651. The molecule has 0 aliphatic carbocycles. The van der Waals surface area contributed by atoms with Crippen molar-refractivity contribution in [2.24, 2.45) is 5.92 Å². The number of methoxy groups -OCH3 is 2. The van der Waals surface area contributed by atoms with Gasteiger partial charge in [0.2, 0.25) is 5.91 Å². The van der Waals surface area contributed by atoms with Crippen LogP contribution in [0.3, 0.4) is 0 Å². The van der Waals surface area contributed by atoms with Gasteiger partial charge >= 0.3 is 6.09 Å². The first-order chi connectivity index (χ1) is 17.9. The first-order valence-electron chi connectivity index (χ1n) is 12.8. The maximum atomic E-state index is 13.7. The van der Waals surface area contributed by atoms with Gasteiger partial charge in [-0.3, -0.25) is 9.59 Å². The summed E-state index contributed by atoms with van der Waals surface area (Å²) < 4.78 is 21.9. The molecule has 2 rings (SSSR count). The molecular weight excluding hydrogens is 514 g/mol. The van der Waals surface area contributed by atoms with E-state index in [1.807, 2.05) is 13.8 Å². The van der Waals surface area contributed by atoms with E-state index < -0.39 is 11.7 Å². The second-order valence-corrected chi connectivity index (χ2v) is 10.8. The van der Waals surface area contributed by atoms with Crippen molar-refractivity contribution < 1.29 is 33.3 Å². The summed E-state index contributed by atoms with van der Waals surface area (Å²) in [6.07, 6.45) is 0.235. The molecule has 1 aromatic rings. The monoisotopic (exact) mass is 555 g/mol. The molecule has 2 atom stereocenters. The van der Waals surface area contributed by atoms with Gasteiger partial charge in [0.05, 0.1) is 19.8 Å². The normalized spacial score (nSPS) is 17.3. The lowest BCUT2D eigenvalue weighted by Crippen LogP contribution is -2.47. The number of ether oxygens (including phenoxy) is 4. The van der Waals surface area contributed by atoms with Gasteiger partial charge in [0.25, 0.3) is 5.91 Å². The Kier molecular flexibility index (Phi) is 12.0. The minimum absolute atomic E-state index is 0.143. The molecule has 0 unspecified atom stereocenters. The van der Waals surface area contributed by atoms with Gasteiger partial charge in [-0.05, 0) is 52.8 Å². The van der Waals surface area contributed by atoms with Crippen LogP contribution < -0.4 is 14.8 Å². The van der Waals surface area contributed by atoms with E-state index >= 15 is 0 Å². The van der Waals surface area contributed by atoms with E-state index in [0.717, 1.165) is 0 Å². The largest absolute Gasteiger partial charge is 0.493 e. The fourth-order valence-corrected chi connectivity index (χ4v) is 4.27. The maximum Gasteiger partial charge on any atom is 0.410 e. The molecule has 1 N–H and O–H groups in total. The highest BCUT2D eigenvalue weighted by molar-refractivity contribution is 6.27. The van der Waals surface area contributed by atoms with E-state index in [0.29, 0.717) is 49.8 Å². The van der Waals surface area contributed by atoms with E-state index in [2.05, 4.69) is 5.32 Å². The molecule has 0 bridgehead atoms. The van der Waals surface area contributed by atoms with Crippen LogP contribution in [0.1, 0.15) is 51.4 Å². The number of hydrogen-bond acceptors (Lipinski definition) is 7. The molecule has 38 heavy (non-hydrogen) atoms. The topological polar surface area (TPSA) is 107 Å². The molecule has 11 heteroatoms. The van der Waals surface area contributed by atoms with Gasteiger partial charge < -0.3 is 34.1 Å². The molecule has 1 fully saturated rings. The molecular formula is C27H42ClN3O7. The lowest BCUT2D eigenvalue weighted by atomic mass is 10.0. The number of rotatable bonds is 12. The Morgan fingerprint density at radius 1 is 1.13 bits per heavy atom. The fourth-order valence-electron chi connectivity index (χ4n) is 4.20. The highest BCUT2D eigenvalue weighted by Crippen LogP contribution is 2.30. The Morgan fingerprint density at radius 3 is 2.42 bits per heavy atom. The van der Waals surface area contributed by atoms with Crippen LogP contribution in [0, 0.1) is 5.92 Å². The highest BCUT2D eigenvalue weighted by Gasteiger charge is 2.40. The third-order valence-electron chi connectivity index (χ3n) is 6.04. The number of hydrogen-bond donors (Lipinski definition) is 1. The molecule has 1 heterocycles. The summed E-state index contributed by atoms with van der Waals surface area (Å²) in [5.41, 5.74) is -0.202. The van der Waals surface area contributed by atoms with Crippen LogP contribution in [0.25, 0.3) is 0 Å². The average Bonchev–Trinajstić information content (AvgIpc) is 3.25. The van der Waals surface area contributed by atoms with E-state index in [1.54, 1.807) is 63.0 Å². The summed E-state index contributed by atoms with van der Waals surface area (Å²) in [5.74, 6) is 0.0683. The van der Waals surface area contributed by atoms with Crippen molar-refractivity contribution in [3.05, 3.63) is 23.8 Å². The van der Waals surface area contributed by atoms with Gasteiger partial charge in [-0.15, -0.1) is 11.6 Å². The average molecular weight is 556 g/mol. The zero-order valence-electron chi connectivity index (χ0n) is 23.5. The number of amides is 3. The zero-order valence-corrected chi connectivity index (χ0v) is 24.3. The number of nitrogens with zero attached hydrogens (tertiary/aromatic N) is 2. The Bertz CT molecular complexity index is 951. The second kappa shape index (κ2) is 14.4. The SMILES string of the molecule is COCCCOc1cc(C(=O)N(C[C@@H]2CN(C(=O)OC(C)(C)C)C[C@H]2NC(=O)CCl)C(C)C)ccc1OC. The number of nitrogens with one attached hydrogen (secondary N) is 1. The molecule has 1 aliphatic heterocycles. The number of halogens is 1. The van der Waals surface area contributed by atoms with Crippen LogP contribution in [0.4, 0.5) is 4.79 Å². The predicted molar refractivity (Wildman–Crippen MR) is 145 cm³/mol. The van der Waals surface area contributed by atoms with Gasteiger partial charge in [-0.1, -0.05) is 0 Å². The second-order valence-electron chi connectivity index (χ2n) is 10.6. The quantitative estimate of drug-likeness (QED) is 0.310. The molecule has 214 valence electrons. The Balaban J connectivity index is 2.25. The molecule has 0 radical (unpaired) electrons. The summed E-state index contributed by atoms with van der Waals surface area (Å²) in [6.45, 7) is 11.1. The van der Waals surface area contributed by atoms with E-state index in [-0.39, 0.29) is 42.2 Å². The van der Waals surface area contributed by atoms with Crippen LogP contribution in [-0.4, -0.2) is 98.3 Å². The molecule has 0 saturated carbocycles. The molecule has 0 aromatic heterocycles. The van der Waals surface area contributed by atoms with Crippen LogP contribution in [-0.2, 0) is 14.3 Å². The van der Waals surface area contributed by atoms with Crippen molar-refractivity contribution in [2.45, 2.75) is 58.7 Å². The van der Waals surface area contributed by atoms with Crippen molar-refractivity contribution in [2.75, 3.05) is 52.9 Å². The van der Waals surface area contributed by atoms with Gasteiger partial charge in [0.1, 0.15) is 11.5 Å². The standard InChI is InChI=1S/C27H42ClN3O7/c1-18(2)31(25(33)19-9-10-22(36-7)23(13-19)37-12-8-11-35-6)16-20-15-30(26(34)38-27(3,4)5)17-21(20)29-24(32)14-28/h9-10,13,18,20-21H,8,11-12,14-17H2,1-7H3,(H,29,32)/t20-,21+/m0/s1. The Hall–Kier alpha value is -2.72. The molecule has 3 amide bonds. The highest BCUT2D eigenvalue weighted by atomic mass is 35.5. The first-order valence-corrected chi connectivity index (χ1v) is 13.4. The molecule has 0 spiro atoms. The van der Waals surface area contributed by atoms with E-state index in [1.165, 1.54) is 0 Å². The number of carbonyl (C=O) groups excluding carboxylic acids is 3. The third-order valence-corrected chi connectivity index (χ3v) is 6.28. The summed E-state index contributed by atoms with van der Waals surface area (Å²) in [4.78, 5) is 41.9. The van der Waals surface area contributed by atoms with E-state index in [9.17, 15) is 14.4 Å². The maximum absolute atomic E-state index is 13.7. The summed E-state index contributed by atoms with van der Waals surface area (Å²) in [7, 11) is 3.17. The Morgan fingerprint density at radius 2 is 1.84 bits per heavy atom. The van der Waals surface area contributed by atoms with Crippen molar-refractivity contribution in [1.82, 2.24) is 15.1 Å². The molecule has 1 aliphatic rings. The van der Waals surface area contributed by atoms with Gasteiger partial charge in [-0.2, -0.15) is 0 Å². The lowest BCUT2D eigenvalue weighted by molar-refractivity contribution is -0.119. The Labute approximate surface area is 230 Å². The van der Waals surface area contributed by atoms with Gasteiger partial charge in [0.15, 0.2) is 11.5 Å². The van der Waals surface area contributed by atoms with E-state index in [4.69, 9.17) is 30.5 Å². The summed E-state index contributed by atoms with van der Waals surface area (Å²) >= 11 is 5.73. The van der Waals surface area contributed by atoms with Gasteiger partial charge in [-0.25, -0.2) is 4.79 Å². The minimum Gasteiger partial charge on any atom is -0.493 e. The van der Waals surface area contributed by atoms with Crippen molar-refractivity contribution in [3.8, 4) is 11.5 Å². The zero-order chi connectivity index (χ0) is 28.5. The van der Waals surface area contributed by atoms with Crippen LogP contribution in [0.5, 0.6) is 11.5 Å². The van der Waals surface area contributed by atoms with Crippen molar-refractivity contribution in [3.63, 3.8) is 0 Å². The third kappa shape index (κ3) is 9.23. The van der Waals surface area contributed by atoms with Crippen LogP contribution in [0.15, 0.2) is 18.2 Å². The number of carbonyl (C=O) groups is 3. The summed E-state index contributed by atoms with van der Waals surface area (Å²) in [6, 6.07) is 4.57. The number of benzene rings is 1. The molecule has 1 saturated heterocycles. The molecule has 10 nitrogen and oxygen atoms in total. The number of likely N-dealkylation sites (tertiary alicyclic amines) is 1.